The van der Waals surface area contributed by atoms with Gasteiger partial charge in [0.1, 0.15) is 0 Å². The molecule has 6 heteroatoms. The second-order valence-corrected chi connectivity index (χ2v) is 3.99. The monoisotopic (exact) mass is 283 g/mol. The normalized spacial score (nSPS) is 13.7. The van der Waals surface area contributed by atoms with Crippen LogP contribution >= 0.6 is 15.9 Å². The number of aromatic nitrogens is 1. The number of hydrogen-bond donors (Lipinski definition) is 0. The van der Waals surface area contributed by atoms with Gasteiger partial charge in [0.25, 0.3) is 0 Å². The number of aryl methyl sites for hydroxylation is 1. The predicted octanol–water partition coefficient (Wildman–Crippen LogP) is 3.48. The number of ether oxygens (including phenoxy) is 1. The third-order valence-corrected chi connectivity index (χ3v) is 2.18. The number of halogens is 4. The quantitative estimate of drug-likeness (QED) is 0.829. The van der Waals surface area contributed by atoms with Crippen LogP contribution in [-0.2, 0) is 0 Å². The summed E-state index contributed by atoms with van der Waals surface area (Å²) in [5.41, 5.74) is 0.556. The van der Waals surface area contributed by atoms with Crippen LogP contribution in [0, 0.1) is 6.92 Å². The Morgan fingerprint density at radius 1 is 1.47 bits per heavy atom. The summed E-state index contributed by atoms with van der Waals surface area (Å²) in [7, 11) is 0. The number of nitrogens with zero attached hydrogens (tertiary/aromatic N) is 1. The average Bonchev–Trinajstić information content (AvgIpc) is 2.08. The van der Waals surface area contributed by atoms with E-state index < -0.39 is 12.3 Å². The maximum atomic E-state index is 12.2. The molecule has 0 aliphatic rings. The Labute approximate surface area is 93.6 Å². The zero-order valence-corrected chi connectivity index (χ0v) is 9.69. The maximum absolute atomic E-state index is 12.2. The SMILES string of the molecule is Cc1cc(Br)cnc1OC(C)C(F)(F)F. The third-order valence-electron chi connectivity index (χ3n) is 1.75. The highest BCUT2D eigenvalue weighted by Crippen LogP contribution is 2.26. The van der Waals surface area contributed by atoms with Crippen molar-refractivity contribution in [1.29, 1.82) is 0 Å². The fraction of sp³-hybridized carbons (Fsp3) is 0.444. The highest BCUT2D eigenvalue weighted by atomic mass is 79.9. The highest BCUT2D eigenvalue weighted by molar-refractivity contribution is 9.10. The lowest BCUT2D eigenvalue weighted by atomic mass is 10.3. The van der Waals surface area contributed by atoms with Gasteiger partial charge in [0.05, 0.1) is 0 Å². The van der Waals surface area contributed by atoms with Crippen molar-refractivity contribution in [2.75, 3.05) is 0 Å². The molecule has 1 aromatic heterocycles. The standard InChI is InChI=1S/C9H9BrF3NO/c1-5-3-7(10)4-14-8(5)15-6(2)9(11,12)13/h3-4,6H,1-2H3. The van der Waals surface area contributed by atoms with Crippen LogP contribution in [0.5, 0.6) is 5.88 Å². The molecule has 0 saturated heterocycles. The zero-order chi connectivity index (χ0) is 11.6. The highest BCUT2D eigenvalue weighted by Gasteiger charge is 2.38. The van der Waals surface area contributed by atoms with E-state index in [4.69, 9.17) is 4.74 Å². The molecule has 2 nitrogen and oxygen atoms in total. The van der Waals surface area contributed by atoms with Gasteiger partial charge in [-0.05, 0) is 35.8 Å². The van der Waals surface area contributed by atoms with Gasteiger partial charge in [-0.2, -0.15) is 13.2 Å². The molecular formula is C9H9BrF3NO. The topological polar surface area (TPSA) is 22.1 Å². The molecule has 1 heterocycles. The molecule has 1 unspecified atom stereocenters. The van der Waals surface area contributed by atoms with Crippen LogP contribution in [0.2, 0.25) is 0 Å². The summed E-state index contributed by atoms with van der Waals surface area (Å²) < 4.78 is 42.0. The van der Waals surface area contributed by atoms with Gasteiger partial charge >= 0.3 is 6.18 Å². The molecule has 15 heavy (non-hydrogen) atoms. The molecule has 0 aliphatic carbocycles. The summed E-state index contributed by atoms with van der Waals surface area (Å²) in [6.45, 7) is 2.58. The van der Waals surface area contributed by atoms with Crippen LogP contribution in [0.25, 0.3) is 0 Å². The van der Waals surface area contributed by atoms with E-state index in [2.05, 4.69) is 20.9 Å². The van der Waals surface area contributed by atoms with Crippen LogP contribution in [0.3, 0.4) is 0 Å². The smallest absolute Gasteiger partial charge is 0.425 e. The molecule has 0 amide bonds. The zero-order valence-electron chi connectivity index (χ0n) is 8.10. The Hall–Kier alpha value is -0.780. The Balaban J connectivity index is 2.82. The van der Waals surface area contributed by atoms with Gasteiger partial charge in [-0.3, -0.25) is 0 Å². The van der Waals surface area contributed by atoms with Crippen molar-refractivity contribution >= 4 is 15.9 Å². The summed E-state index contributed by atoms with van der Waals surface area (Å²) in [4.78, 5) is 3.76. The molecule has 0 radical (unpaired) electrons. The van der Waals surface area contributed by atoms with Crippen LogP contribution in [0.15, 0.2) is 16.7 Å². The summed E-state index contributed by atoms with van der Waals surface area (Å²) in [6, 6.07) is 1.64. The van der Waals surface area contributed by atoms with Gasteiger partial charge in [0.2, 0.25) is 5.88 Å². The molecule has 1 rings (SSSR count). The van der Waals surface area contributed by atoms with E-state index in [1.165, 1.54) is 6.20 Å². The minimum absolute atomic E-state index is 0.00280. The summed E-state index contributed by atoms with van der Waals surface area (Å²) in [6.07, 6.45) is -4.84. The number of hydrogen-bond acceptors (Lipinski definition) is 2. The predicted molar refractivity (Wildman–Crippen MR) is 52.8 cm³/mol. The van der Waals surface area contributed by atoms with Crippen LogP contribution in [0.1, 0.15) is 12.5 Å². The number of pyridine rings is 1. The first-order valence-electron chi connectivity index (χ1n) is 4.16. The molecule has 0 fully saturated rings. The van der Waals surface area contributed by atoms with Crippen molar-refractivity contribution in [3.63, 3.8) is 0 Å². The molecule has 0 spiro atoms. The van der Waals surface area contributed by atoms with Gasteiger partial charge in [0.15, 0.2) is 6.10 Å². The van der Waals surface area contributed by atoms with Crippen molar-refractivity contribution in [2.24, 2.45) is 0 Å². The van der Waals surface area contributed by atoms with E-state index in [-0.39, 0.29) is 5.88 Å². The minimum atomic E-state index is -4.37. The minimum Gasteiger partial charge on any atom is -0.465 e. The Bertz CT molecular complexity index is 354. The van der Waals surface area contributed by atoms with Crippen LogP contribution in [0.4, 0.5) is 13.2 Å². The lowest BCUT2D eigenvalue weighted by Crippen LogP contribution is -2.31. The van der Waals surface area contributed by atoms with E-state index in [9.17, 15) is 13.2 Å². The van der Waals surface area contributed by atoms with E-state index in [1.54, 1.807) is 13.0 Å². The Kier molecular flexibility index (Phi) is 3.59. The van der Waals surface area contributed by atoms with Crippen molar-refractivity contribution in [3.8, 4) is 5.88 Å². The third kappa shape index (κ3) is 3.37. The second kappa shape index (κ2) is 4.38. The first-order chi connectivity index (χ1) is 6.80. The number of alkyl halides is 3. The lowest BCUT2D eigenvalue weighted by molar-refractivity contribution is -0.190. The van der Waals surface area contributed by atoms with Crippen molar-refractivity contribution in [3.05, 3.63) is 22.3 Å². The fourth-order valence-corrected chi connectivity index (χ4v) is 1.33. The lowest BCUT2D eigenvalue weighted by Gasteiger charge is -2.17. The molecule has 1 aromatic rings. The molecule has 0 saturated carbocycles. The molecule has 0 N–H and O–H groups in total. The maximum Gasteiger partial charge on any atom is 0.425 e. The van der Waals surface area contributed by atoms with Gasteiger partial charge in [0, 0.05) is 16.2 Å². The van der Waals surface area contributed by atoms with E-state index in [1.807, 2.05) is 0 Å². The second-order valence-electron chi connectivity index (χ2n) is 3.08. The Morgan fingerprint density at radius 2 is 2.07 bits per heavy atom. The molecule has 0 bridgehead atoms. The summed E-state index contributed by atoms with van der Waals surface area (Å²) in [5, 5.41) is 0. The van der Waals surface area contributed by atoms with E-state index >= 15 is 0 Å². The largest absolute Gasteiger partial charge is 0.465 e. The van der Waals surface area contributed by atoms with Crippen molar-refractivity contribution in [1.82, 2.24) is 4.98 Å². The van der Waals surface area contributed by atoms with Gasteiger partial charge in [-0.1, -0.05) is 0 Å². The summed E-state index contributed by atoms with van der Waals surface area (Å²) in [5.74, 6) is 0.00280. The van der Waals surface area contributed by atoms with E-state index in [0.717, 1.165) is 6.92 Å². The van der Waals surface area contributed by atoms with E-state index in [0.29, 0.717) is 10.0 Å². The van der Waals surface area contributed by atoms with Crippen LogP contribution in [-0.4, -0.2) is 17.3 Å². The van der Waals surface area contributed by atoms with Gasteiger partial charge in [-0.25, -0.2) is 4.98 Å². The summed E-state index contributed by atoms with van der Waals surface area (Å²) >= 11 is 3.16. The molecule has 84 valence electrons. The van der Waals surface area contributed by atoms with Crippen molar-refractivity contribution < 1.29 is 17.9 Å². The fourth-order valence-electron chi connectivity index (χ4n) is 0.886. The Morgan fingerprint density at radius 3 is 2.53 bits per heavy atom. The molecular weight excluding hydrogens is 275 g/mol. The van der Waals surface area contributed by atoms with Crippen LogP contribution < -0.4 is 4.74 Å². The first kappa shape index (κ1) is 12.3. The van der Waals surface area contributed by atoms with Crippen molar-refractivity contribution in [2.45, 2.75) is 26.1 Å². The average molecular weight is 284 g/mol. The van der Waals surface area contributed by atoms with Gasteiger partial charge in [-0.15, -0.1) is 0 Å². The molecule has 0 aliphatic heterocycles. The van der Waals surface area contributed by atoms with Gasteiger partial charge < -0.3 is 4.74 Å². The molecule has 1 atom stereocenters. The molecule has 0 aromatic carbocycles. The number of rotatable bonds is 2. The first-order valence-corrected chi connectivity index (χ1v) is 4.95.